The third-order valence-electron chi connectivity index (χ3n) is 3.95. The first kappa shape index (κ1) is 17.7. The van der Waals surface area contributed by atoms with Crippen LogP contribution in [0.15, 0.2) is 36.4 Å². The molecule has 0 amide bonds. The molecule has 1 aromatic rings. The maximum Gasteiger partial charge on any atom is 0.166 e. The molecular weight excluding hydrogens is 308 g/mol. The van der Waals surface area contributed by atoms with Crippen molar-refractivity contribution in [3.05, 3.63) is 42.0 Å². The molecule has 0 N–H and O–H groups in total. The summed E-state index contributed by atoms with van der Waals surface area (Å²) in [6.07, 6.45) is 6.59. The fraction of sp³-hybridized carbons (Fsp3) is 0.526. The molecule has 0 bridgehead atoms. The summed E-state index contributed by atoms with van der Waals surface area (Å²) in [4.78, 5) is 12.5. The highest BCUT2D eigenvalue weighted by Crippen LogP contribution is 2.31. The van der Waals surface area contributed by atoms with Crippen LogP contribution in [0.4, 0.5) is 0 Å². The largest absolute Gasteiger partial charge is 0.294 e. The van der Waals surface area contributed by atoms with E-state index in [1.165, 1.54) is 29.4 Å². The van der Waals surface area contributed by atoms with E-state index < -0.39 is 0 Å². The standard InChI is InChI=1S/C19H26OS2/c1-2-21-14-7-15-22-13-6-10-17-11-12-18(19(17)20)16-8-4-3-5-9-16/h3-5,8-9,12,17H,2,6-7,10-11,13-15H2,1H3. The van der Waals surface area contributed by atoms with Crippen molar-refractivity contribution in [2.45, 2.75) is 32.6 Å². The maximum atomic E-state index is 12.5. The highest BCUT2D eigenvalue weighted by molar-refractivity contribution is 8.00. The fourth-order valence-electron chi connectivity index (χ4n) is 2.76. The molecule has 1 nitrogen and oxygen atoms in total. The Kier molecular flexibility index (Phi) is 8.17. The third-order valence-corrected chi connectivity index (χ3v) is 6.09. The molecule has 1 aromatic carbocycles. The van der Waals surface area contributed by atoms with Crippen molar-refractivity contribution in [1.82, 2.24) is 0 Å². The normalized spacial score (nSPS) is 17.8. The van der Waals surface area contributed by atoms with Gasteiger partial charge in [0.2, 0.25) is 0 Å². The molecule has 2 rings (SSSR count). The summed E-state index contributed by atoms with van der Waals surface area (Å²) in [5.41, 5.74) is 2.02. The zero-order valence-electron chi connectivity index (χ0n) is 13.4. The van der Waals surface area contributed by atoms with E-state index in [1.54, 1.807) is 0 Å². The van der Waals surface area contributed by atoms with Crippen molar-refractivity contribution < 1.29 is 4.79 Å². The van der Waals surface area contributed by atoms with Crippen LogP contribution in [-0.4, -0.2) is 28.8 Å². The van der Waals surface area contributed by atoms with Crippen LogP contribution in [0.2, 0.25) is 0 Å². The quantitative estimate of drug-likeness (QED) is 0.539. The molecule has 0 heterocycles. The monoisotopic (exact) mass is 334 g/mol. The van der Waals surface area contributed by atoms with E-state index in [2.05, 4.69) is 13.0 Å². The van der Waals surface area contributed by atoms with Gasteiger partial charge in [-0.05, 0) is 54.3 Å². The molecule has 3 heteroatoms. The molecule has 1 atom stereocenters. The lowest BCUT2D eigenvalue weighted by molar-refractivity contribution is -0.116. The van der Waals surface area contributed by atoms with Gasteiger partial charge in [-0.25, -0.2) is 0 Å². The summed E-state index contributed by atoms with van der Waals surface area (Å²) < 4.78 is 0. The Labute approximate surface area is 143 Å². The van der Waals surface area contributed by atoms with Crippen molar-refractivity contribution in [2.75, 3.05) is 23.0 Å². The summed E-state index contributed by atoms with van der Waals surface area (Å²) in [6.45, 7) is 2.22. The molecule has 1 unspecified atom stereocenters. The Morgan fingerprint density at radius 2 is 1.77 bits per heavy atom. The Hall–Kier alpha value is -0.670. The SMILES string of the molecule is CCSCCCSCCCC1CC=C(c2ccccc2)C1=O. The molecule has 0 saturated heterocycles. The van der Waals surface area contributed by atoms with E-state index in [4.69, 9.17) is 0 Å². The van der Waals surface area contributed by atoms with Gasteiger partial charge >= 0.3 is 0 Å². The first-order valence-corrected chi connectivity index (χ1v) is 10.6. The summed E-state index contributed by atoms with van der Waals surface area (Å²) >= 11 is 4.07. The van der Waals surface area contributed by atoms with Crippen LogP contribution in [-0.2, 0) is 4.79 Å². The number of benzene rings is 1. The van der Waals surface area contributed by atoms with Gasteiger partial charge in [0.05, 0.1) is 0 Å². The van der Waals surface area contributed by atoms with Crippen LogP contribution in [0, 0.1) is 5.92 Å². The number of ketones is 1. The topological polar surface area (TPSA) is 17.1 Å². The van der Waals surface area contributed by atoms with Gasteiger partial charge in [0.1, 0.15) is 0 Å². The zero-order chi connectivity index (χ0) is 15.6. The van der Waals surface area contributed by atoms with Crippen molar-refractivity contribution in [3.63, 3.8) is 0 Å². The fourth-order valence-corrected chi connectivity index (χ4v) is 4.50. The van der Waals surface area contributed by atoms with Crippen LogP contribution >= 0.6 is 23.5 Å². The second-order valence-corrected chi connectivity index (χ2v) is 8.20. The van der Waals surface area contributed by atoms with E-state index in [0.717, 1.165) is 30.4 Å². The molecular formula is C19H26OS2. The molecule has 0 radical (unpaired) electrons. The number of thioether (sulfide) groups is 2. The summed E-state index contributed by atoms with van der Waals surface area (Å²) in [7, 11) is 0. The van der Waals surface area contributed by atoms with Gasteiger partial charge in [0.15, 0.2) is 5.78 Å². The molecule has 1 aliphatic carbocycles. The van der Waals surface area contributed by atoms with Gasteiger partial charge in [0, 0.05) is 11.5 Å². The second-order valence-electron chi connectivity index (χ2n) is 5.59. The summed E-state index contributed by atoms with van der Waals surface area (Å²) in [6, 6.07) is 10.1. The first-order valence-electron chi connectivity index (χ1n) is 8.28. The minimum Gasteiger partial charge on any atom is -0.294 e. The number of allylic oxidation sites excluding steroid dienone is 2. The van der Waals surface area contributed by atoms with Gasteiger partial charge in [-0.3, -0.25) is 4.79 Å². The number of hydrogen-bond donors (Lipinski definition) is 0. The van der Waals surface area contributed by atoms with Gasteiger partial charge < -0.3 is 0 Å². The number of carbonyl (C=O) groups excluding carboxylic acids is 1. The highest BCUT2D eigenvalue weighted by atomic mass is 32.2. The lowest BCUT2D eigenvalue weighted by Gasteiger charge is -2.09. The van der Waals surface area contributed by atoms with Crippen molar-refractivity contribution in [2.24, 2.45) is 5.92 Å². The van der Waals surface area contributed by atoms with Crippen molar-refractivity contribution in [3.8, 4) is 0 Å². The van der Waals surface area contributed by atoms with Crippen molar-refractivity contribution >= 4 is 34.9 Å². The second kappa shape index (κ2) is 10.2. The Balaban J connectivity index is 1.62. The van der Waals surface area contributed by atoms with Crippen LogP contribution in [0.25, 0.3) is 5.57 Å². The van der Waals surface area contributed by atoms with Gasteiger partial charge in [-0.15, -0.1) is 0 Å². The van der Waals surface area contributed by atoms with E-state index in [9.17, 15) is 4.79 Å². The summed E-state index contributed by atoms with van der Waals surface area (Å²) in [5.74, 6) is 5.56. The van der Waals surface area contributed by atoms with Gasteiger partial charge in [-0.1, -0.05) is 43.3 Å². The Morgan fingerprint density at radius 3 is 2.55 bits per heavy atom. The van der Waals surface area contributed by atoms with E-state index in [1.807, 2.05) is 53.9 Å². The molecule has 1 aliphatic rings. The Bertz CT molecular complexity index is 481. The molecule has 0 fully saturated rings. The highest BCUT2D eigenvalue weighted by Gasteiger charge is 2.27. The average Bonchev–Trinajstić information content (AvgIpc) is 2.92. The number of carbonyl (C=O) groups is 1. The number of rotatable bonds is 10. The molecule has 0 spiro atoms. The molecule has 22 heavy (non-hydrogen) atoms. The van der Waals surface area contributed by atoms with Crippen LogP contribution in [0.3, 0.4) is 0 Å². The number of hydrogen-bond acceptors (Lipinski definition) is 3. The molecule has 120 valence electrons. The van der Waals surface area contributed by atoms with Gasteiger partial charge in [-0.2, -0.15) is 23.5 Å². The van der Waals surface area contributed by atoms with Crippen LogP contribution in [0.5, 0.6) is 0 Å². The predicted molar refractivity (Wildman–Crippen MR) is 102 cm³/mol. The van der Waals surface area contributed by atoms with E-state index >= 15 is 0 Å². The minimum atomic E-state index is 0.228. The Morgan fingerprint density at radius 1 is 1.05 bits per heavy atom. The minimum absolute atomic E-state index is 0.228. The van der Waals surface area contributed by atoms with E-state index in [-0.39, 0.29) is 5.92 Å². The average molecular weight is 335 g/mol. The van der Waals surface area contributed by atoms with E-state index in [0.29, 0.717) is 5.78 Å². The number of Topliss-reactive ketones (excluding diaryl/α,β-unsaturated/α-hetero) is 1. The maximum absolute atomic E-state index is 12.5. The first-order chi connectivity index (χ1) is 10.8. The lowest BCUT2D eigenvalue weighted by Crippen LogP contribution is -2.10. The third kappa shape index (κ3) is 5.51. The molecule has 0 saturated carbocycles. The van der Waals surface area contributed by atoms with Crippen LogP contribution in [0.1, 0.15) is 38.2 Å². The smallest absolute Gasteiger partial charge is 0.166 e. The van der Waals surface area contributed by atoms with Crippen LogP contribution < -0.4 is 0 Å². The predicted octanol–water partition coefficient (Wildman–Crippen LogP) is 5.32. The molecule has 0 aliphatic heterocycles. The lowest BCUT2D eigenvalue weighted by atomic mass is 9.96. The van der Waals surface area contributed by atoms with Gasteiger partial charge in [0.25, 0.3) is 0 Å². The summed E-state index contributed by atoms with van der Waals surface area (Å²) in [5, 5.41) is 0. The zero-order valence-corrected chi connectivity index (χ0v) is 15.1. The van der Waals surface area contributed by atoms with Crippen molar-refractivity contribution in [1.29, 1.82) is 0 Å². The molecule has 0 aromatic heterocycles.